The maximum absolute atomic E-state index is 12.8. The Morgan fingerprint density at radius 2 is 1.79 bits per heavy atom. The molecule has 0 saturated heterocycles. The van der Waals surface area contributed by atoms with Crippen molar-refractivity contribution in [3.8, 4) is 6.07 Å². The number of sulfonamides is 1. The van der Waals surface area contributed by atoms with Crippen molar-refractivity contribution < 1.29 is 30.8 Å². The van der Waals surface area contributed by atoms with E-state index in [9.17, 15) is 31.6 Å². The van der Waals surface area contributed by atoms with Crippen molar-refractivity contribution in [1.29, 1.82) is 5.26 Å². The summed E-state index contributed by atoms with van der Waals surface area (Å²) in [7, 11) is -3.76. The van der Waals surface area contributed by atoms with Crippen LogP contribution >= 0.6 is 0 Å². The van der Waals surface area contributed by atoms with Crippen LogP contribution in [0.2, 0.25) is 0 Å². The third-order valence-electron chi connectivity index (χ3n) is 4.27. The number of nitriles is 1. The number of rotatable bonds is 7. The molecule has 0 aliphatic heterocycles. The fourth-order valence-electron chi connectivity index (χ4n) is 2.68. The molecule has 1 aromatic heterocycles. The van der Waals surface area contributed by atoms with Crippen LogP contribution in [0, 0.1) is 11.3 Å². The molecule has 33 heavy (non-hydrogen) atoms. The van der Waals surface area contributed by atoms with E-state index < -0.39 is 33.2 Å². The number of hydrogen-bond acceptors (Lipinski definition) is 5. The Balaban J connectivity index is 1.69. The summed E-state index contributed by atoms with van der Waals surface area (Å²) in [6.07, 6.45) is -3.49. The average Bonchev–Trinajstić information content (AvgIpc) is 3.24. The molecule has 0 radical (unpaired) electrons. The monoisotopic (exact) mass is 475 g/mol. The lowest BCUT2D eigenvalue weighted by molar-refractivity contribution is -0.137. The largest absolute Gasteiger partial charge is 0.460 e. The van der Waals surface area contributed by atoms with Crippen LogP contribution in [0.15, 0.2) is 81.6 Å². The molecule has 0 fully saturated rings. The van der Waals surface area contributed by atoms with Gasteiger partial charge in [-0.25, -0.2) is 13.1 Å². The molecule has 2 aromatic carbocycles. The molecule has 0 atom stereocenters. The van der Waals surface area contributed by atoms with Crippen molar-refractivity contribution in [1.82, 2.24) is 4.72 Å². The zero-order chi connectivity index (χ0) is 24.1. The van der Waals surface area contributed by atoms with E-state index >= 15 is 0 Å². The van der Waals surface area contributed by atoms with Crippen molar-refractivity contribution in [2.24, 2.45) is 0 Å². The Labute approximate surface area is 187 Å². The van der Waals surface area contributed by atoms with Crippen molar-refractivity contribution in [3.05, 3.63) is 89.4 Å². The number of hydrogen-bond donors (Lipinski definition) is 2. The van der Waals surface area contributed by atoms with Gasteiger partial charge in [0.15, 0.2) is 0 Å². The Bertz CT molecular complexity index is 1320. The first-order valence-electron chi connectivity index (χ1n) is 9.32. The summed E-state index contributed by atoms with van der Waals surface area (Å²) in [6.45, 7) is -0.177. The number of nitrogens with zero attached hydrogens (tertiary/aromatic N) is 1. The van der Waals surface area contributed by atoms with Gasteiger partial charge in [-0.05, 0) is 42.5 Å². The van der Waals surface area contributed by atoms with Crippen molar-refractivity contribution in [3.63, 3.8) is 0 Å². The third-order valence-corrected chi connectivity index (χ3v) is 5.69. The van der Waals surface area contributed by atoms with E-state index in [2.05, 4.69) is 10.0 Å². The Hall–Kier alpha value is -3.88. The van der Waals surface area contributed by atoms with E-state index in [-0.39, 0.29) is 28.6 Å². The van der Waals surface area contributed by atoms with Gasteiger partial charge in [-0.15, -0.1) is 0 Å². The summed E-state index contributed by atoms with van der Waals surface area (Å²) in [5.41, 5.74) is -1.50. The second-order valence-electron chi connectivity index (χ2n) is 6.64. The first-order chi connectivity index (χ1) is 15.6. The molecule has 11 heteroatoms. The van der Waals surface area contributed by atoms with Crippen LogP contribution in [-0.4, -0.2) is 14.3 Å². The third kappa shape index (κ3) is 6.31. The fraction of sp³-hybridized carbons (Fsp3) is 0.0909. The van der Waals surface area contributed by atoms with Crippen LogP contribution < -0.4 is 10.0 Å². The lowest BCUT2D eigenvalue weighted by Gasteiger charge is -2.09. The molecule has 3 rings (SSSR count). The van der Waals surface area contributed by atoms with Crippen LogP contribution in [-0.2, 0) is 27.5 Å². The number of carbonyl (C=O) groups excluding carboxylic acids is 1. The summed E-state index contributed by atoms with van der Waals surface area (Å²) in [6, 6.07) is 16.2. The smallest absolute Gasteiger partial charge is 0.416 e. The molecule has 0 saturated carbocycles. The van der Waals surface area contributed by atoms with E-state index in [4.69, 9.17) is 4.42 Å². The number of anilines is 1. The zero-order valence-corrected chi connectivity index (χ0v) is 17.6. The van der Waals surface area contributed by atoms with Crippen LogP contribution in [0.25, 0.3) is 6.08 Å². The van der Waals surface area contributed by atoms with Gasteiger partial charge in [0.2, 0.25) is 10.0 Å². The summed E-state index contributed by atoms with van der Waals surface area (Å²) in [5.74, 6) is -0.629. The van der Waals surface area contributed by atoms with Gasteiger partial charge in [0.05, 0.1) is 17.0 Å². The minimum absolute atomic E-state index is 0.0784. The highest BCUT2D eigenvalue weighted by Crippen LogP contribution is 2.30. The number of furan rings is 1. The average molecular weight is 475 g/mol. The van der Waals surface area contributed by atoms with Gasteiger partial charge in [-0.3, -0.25) is 4.79 Å². The summed E-state index contributed by atoms with van der Waals surface area (Å²) in [5, 5.41) is 11.5. The van der Waals surface area contributed by atoms with E-state index in [0.29, 0.717) is 0 Å². The number of nitrogens with one attached hydrogen (secondary N) is 2. The Morgan fingerprint density at radius 3 is 2.45 bits per heavy atom. The highest BCUT2D eigenvalue weighted by molar-refractivity contribution is 7.89. The molecule has 170 valence electrons. The summed E-state index contributed by atoms with van der Waals surface area (Å²) >= 11 is 0. The molecule has 1 amide bonds. The van der Waals surface area contributed by atoms with Gasteiger partial charge in [0.1, 0.15) is 23.2 Å². The Kier molecular flexibility index (Phi) is 7.01. The quantitative estimate of drug-likeness (QED) is 0.390. The van der Waals surface area contributed by atoms with Crippen molar-refractivity contribution >= 4 is 27.7 Å². The minimum atomic E-state index is -4.58. The van der Waals surface area contributed by atoms with Gasteiger partial charge in [-0.1, -0.05) is 24.3 Å². The molecule has 3 aromatic rings. The lowest BCUT2D eigenvalue weighted by atomic mass is 10.1. The molecule has 7 nitrogen and oxygen atoms in total. The molecular weight excluding hydrogens is 459 g/mol. The molecule has 0 spiro atoms. The van der Waals surface area contributed by atoms with E-state index in [1.54, 1.807) is 24.3 Å². The van der Waals surface area contributed by atoms with Gasteiger partial charge >= 0.3 is 6.18 Å². The molecule has 0 unspecified atom stereocenters. The van der Waals surface area contributed by atoms with Crippen molar-refractivity contribution in [2.75, 3.05) is 5.32 Å². The number of alkyl halides is 3. The maximum Gasteiger partial charge on any atom is 0.416 e. The SMILES string of the molecule is N#C/C(=C\c1ccc(CNS(=O)(=O)c2ccccc2)o1)C(=O)Nc1cccc(C(F)(F)F)c1. The van der Waals surface area contributed by atoms with E-state index in [1.165, 1.54) is 30.3 Å². The fourth-order valence-corrected chi connectivity index (χ4v) is 3.69. The van der Waals surface area contributed by atoms with Crippen molar-refractivity contribution in [2.45, 2.75) is 17.6 Å². The molecule has 0 aliphatic rings. The number of halogens is 3. The van der Waals surface area contributed by atoms with E-state index in [1.807, 2.05) is 0 Å². The topological polar surface area (TPSA) is 112 Å². The highest BCUT2D eigenvalue weighted by atomic mass is 32.2. The predicted octanol–water partition coefficient (Wildman–Crippen LogP) is 4.32. The van der Waals surface area contributed by atoms with E-state index in [0.717, 1.165) is 24.3 Å². The molecular formula is C22H16F3N3O4S. The van der Waals surface area contributed by atoms with Crippen LogP contribution in [0.5, 0.6) is 0 Å². The second kappa shape index (κ2) is 9.72. The second-order valence-corrected chi connectivity index (χ2v) is 8.41. The highest BCUT2D eigenvalue weighted by Gasteiger charge is 2.30. The summed E-state index contributed by atoms with van der Waals surface area (Å²) in [4.78, 5) is 12.4. The van der Waals surface area contributed by atoms with Crippen LogP contribution in [0.4, 0.5) is 18.9 Å². The van der Waals surface area contributed by atoms with Crippen LogP contribution in [0.3, 0.4) is 0 Å². The number of benzene rings is 2. The molecule has 0 aliphatic carbocycles. The zero-order valence-electron chi connectivity index (χ0n) is 16.8. The summed E-state index contributed by atoms with van der Waals surface area (Å²) < 4.78 is 70.8. The maximum atomic E-state index is 12.8. The normalized spacial score (nSPS) is 12.2. The molecule has 2 N–H and O–H groups in total. The molecule has 1 heterocycles. The first kappa shape index (κ1) is 23.8. The molecule has 0 bridgehead atoms. The minimum Gasteiger partial charge on any atom is -0.460 e. The first-order valence-corrected chi connectivity index (χ1v) is 10.8. The Morgan fingerprint density at radius 1 is 1.06 bits per heavy atom. The van der Waals surface area contributed by atoms with Gasteiger partial charge in [0, 0.05) is 11.8 Å². The standard InChI is InChI=1S/C22H16F3N3O4S/c23-22(24,25)16-5-4-6-17(12-16)28-21(29)15(13-26)11-18-9-10-19(32-18)14-27-33(30,31)20-7-2-1-3-8-20/h1-12,27H,14H2,(H,28,29)/b15-11+. The van der Waals surface area contributed by atoms with Crippen LogP contribution in [0.1, 0.15) is 17.1 Å². The van der Waals surface area contributed by atoms with Gasteiger partial charge in [-0.2, -0.15) is 18.4 Å². The predicted molar refractivity (Wildman–Crippen MR) is 113 cm³/mol. The van der Waals surface area contributed by atoms with Gasteiger partial charge in [0.25, 0.3) is 5.91 Å². The van der Waals surface area contributed by atoms with Gasteiger partial charge < -0.3 is 9.73 Å². The number of amides is 1. The number of carbonyl (C=O) groups is 1. The lowest BCUT2D eigenvalue weighted by Crippen LogP contribution is -2.22.